The summed E-state index contributed by atoms with van der Waals surface area (Å²) in [6.07, 6.45) is 4.03. The van der Waals surface area contributed by atoms with Gasteiger partial charge in [-0.05, 0) is 37.1 Å². The number of hydrogen-bond donors (Lipinski definition) is 3. The molecular weight excluding hydrogens is 428 g/mol. The van der Waals surface area contributed by atoms with Crippen LogP contribution in [0.1, 0.15) is 16.8 Å². The summed E-state index contributed by atoms with van der Waals surface area (Å²) in [6, 6.07) is 14.8. The van der Waals surface area contributed by atoms with Crippen LogP contribution in [0.5, 0.6) is 0 Å². The Balaban J connectivity index is 0.000000868. The van der Waals surface area contributed by atoms with Crippen molar-refractivity contribution in [2.45, 2.75) is 20.4 Å². The highest BCUT2D eigenvalue weighted by Gasteiger charge is 2.20. The Morgan fingerprint density at radius 3 is 2.53 bits per heavy atom. The molecule has 4 aromatic rings. The van der Waals surface area contributed by atoms with Crippen LogP contribution >= 0.6 is 0 Å². The number of pyridine rings is 1. The predicted molar refractivity (Wildman–Crippen MR) is 135 cm³/mol. The molecule has 1 amide bonds. The van der Waals surface area contributed by atoms with Crippen LogP contribution in [-0.4, -0.2) is 57.4 Å². The SMILES string of the molecule is Cc1c[nH]c2nc(Nc3ncccc3N3CCN(Cc4ccccc4)CC3)nc(C)c12.NC=O. The fourth-order valence-corrected chi connectivity index (χ4v) is 4.30. The highest BCUT2D eigenvalue weighted by atomic mass is 16.1. The second-order valence-electron chi connectivity index (χ2n) is 8.21. The fourth-order valence-electron chi connectivity index (χ4n) is 4.30. The third-order valence-corrected chi connectivity index (χ3v) is 5.89. The molecule has 1 aliphatic heterocycles. The van der Waals surface area contributed by atoms with Crippen molar-refractivity contribution in [2.24, 2.45) is 5.73 Å². The third kappa shape index (κ3) is 5.32. The van der Waals surface area contributed by atoms with Gasteiger partial charge in [0.05, 0.1) is 11.4 Å². The maximum absolute atomic E-state index is 8.58. The number of nitrogens with one attached hydrogen (secondary N) is 2. The zero-order valence-corrected chi connectivity index (χ0v) is 19.5. The molecule has 0 spiro atoms. The summed E-state index contributed by atoms with van der Waals surface area (Å²) in [4.78, 5) is 30.6. The molecule has 1 aromatic carbocycles. The van der Waals surface area contributed by atoms with Crippen LogP contribution in [-0.2, 0) is 11.3 Å². The average molecular weight is 459 g/mol. The number of rotatable bonds is 5. The summed E-state index contributed by atoms with van der Waals surface area (Å²) in [6.45, 7) is 9.04. The molecule has 5 rings (SSSR count). The number of amides is 1. The van der Waals surface area contributed by atoms with Gasteiger partial charge >= 0.3 is 0 Å². The molecule has 1 saturated heterocycles. The largest absolute Gasteiger partial charge is 0.372 e. The summed E-state index contributed by atoms with van der Waals surface area (Å²) < 4.78 is 0. The number of benzene rings is 1. The molecule has 4 heterocycles. The maximum atomic E-state index is 8.58. The number of nitrogens with two attached hydrogens (primary N) is 1. The number of nitrogens with zero attached hydrogens (tertiary/aromatic N) is 5. The van der Waals surface area contributed by atoms with Gasteiger partial charge in [-0.2, -0.15) is 4.98 Å². The van der Waals surface area contributed by atoms with Crippen LogP contribution in [0, 0.1) is 13.8 Å². The first-order valence-corrected chi connectivity index (χ1v) is 11.3. The minimum absolute atomic E-state index is 0.250. The zero-order chi connectivity index (χ0) is 23.9. The van der Waals surface area contributed by atoms with E-state index in [0.717, 1.165) is 66.5 Å². The quantitative estimate of drug-likeness (QED) is 0.394. The normalized spacial score (nSPS) is 13.9. The number of fused-ring (bicyclic) bond motifs is 1. The third-order valence-electron chi connectivity index (χ3n) is 5.89. The van der Waals surface area contributed by atoms with Gasteiger partial charge < -0.3 is 20.9 Å². The molecule has 34 heavy (non-hydrogen) atoms. The van der Waals surface area contributed by atoms with Gasteiger partial charge in [0, 0.05) is 50.5 Å². The second kappa shape index (κ2) is 10.8. The monoisotopic (exact) mass is 458 g/mol. The van der Waals surface area contributed by atoms with Gasteiger partial charge in [0.15, 0.2) is 5.82 Å². The lowest BCUT2D eigenvalue weighted by molar-refractivity contribution is -0.106. The highest BCUT2D eigenvalue weighted by Crippen LogP contribution is 2.28. The van der Waals surface area contributed by atoms with E-state index in [1.807, 2.05) is 25.4 Å². The number of aromatic nitrogens is 4. The maximum Gasteiger partial charge on any atom is 0.230 e. The van der Waals surface area contributed by atoms with E-state index in [4.69, 9.17) is 4.79 Å². The molecule has 0 unspecified atom stereocenters. The van der Waals surface area contributed by atoms with Crippen molar-refractivity contribution in [1.82, 2.24) is 24.8 Å². The van der Waals surface area contributed by atoms with Gasteiger partial charge in [-0.15, -0.1) is 0 Å². The number of hydrogen-bond acceptors (Lipinski definition) is 7. The van der Waals surface area contributed by atoms with Gasteiger partial charge in [-0.25, -0.2) is 9.97 Å². The molecule has 1 aliphatic rings. The van der Waals surface area contributed by atoms with E-state index in [2.05, 4.69) is 84.1 Å². The molecule has 9 nitrogen and oxygen atoms in total. The number of anilines is 3. The van der Waals surface area contributed by atoms with Crippen molar-refractivity contribution in [2.75, 3.05) is 36.4 Å². The first-order valence-electron chi connectivity index (χ1n) is 11.3. The van der Waals surface area contributed by atoms with Crippen LogP contribution < -0.4 is 16.0 Å². The molecular formula is C25H30N8O. The van der Waals surface area contributed by atoms with Crippen LogP contribution in [0.25, 0.3) is 11.0 Å². The van der Waals surface area contributed by atoms with Crippen LogP contribution in [0.2, 0.25) is 0 Å². The first-order chi connectivity index (χ1) is 16.6. The van der Waals surface area contributed by atoms with E-state index in [9.17, 15) is 0 Å². The summed E-state index contributed by atoms with van der Waals surface area (Å²) >= 11 is 0. The fraction of sp³-hybridized carbons (Fsp3) is 0.280. The molecule has 1 fully saturated rings. The summed E-state index contributed by atoms with van der Waals surface area (Å²) in [5, 5.41) is 4.44. The smallest absolute Gasteiger partial charge is 0.230 e. The van der Waals surface area contributed by atoms with Crippen LogP contribution in [0.4, 0.5) is 17.5 Å². The van der Waals surface area contributed by atoms with Crippen molar-refractivity contribution in [3.05, 3.63) is 71.7 Å². The number of primary amides is 1. The minimum atomic E-state index is 0.250. The van der Waals surface area contributed by atoms with Crippen molar-refractivity contribution < 1.29 is 4.79 Å². The lowest BCUT2D eigenvalue weighted by Gasteiger charge is -2.36. The molecule has 9 heteroatoms. The minimum Gasteiger partial charge on any atom is -0.372 e. The standard InChI is InChI=1S/C24H27N7.CH3NO/c1-17-15-26-23-21(17)18(2)27-24(29-23)28-22-20(9-6-10-25-22)31-13-11-30(12-14-31)16-19-7-4-3-5-8-19;2-1-3/h3-10,15H,11-14,16H2,1-2H3,(H2,25,26,27,28,29);1H,(H2,2,3). The van der Waals surface area contributed by atoms with Gasteiger partial charge in [0.1, 0.15) is 5.65 Å². The number of aromatic amines is 1. The molecule has 0 saturated carbocycles. The van der Waals surface area contributed by atoms with E-state index in [0.29, 0.717) is 5.95 Å². The Labute approximate surface area is 199 Å². The van der Waals surface area contributed by atoms with Gasteiger partial charge in [-0.3, -0.25) is 9.69 Å². The second-order valence-corrected chi connectivity index (χ2v) is 8.21. The Morgan fingerprint density at radius 2 is 1.79 bits per heavy atom. The molecule has 0 radical (unpaired) electrons. The van der Waals surface area contributed by atoms with Gasteiger partial charge in [0.25, 0.3) is 0 Å². The van der Waals surface area contributed by atoms with Crippen LogP contribution in [0.15, 0.2) is 54.9 Å². The first kappa shape index (κ1) is 23.2. The summed E-state index contributed by atoms with van der Waals surface area (Å²) in [7, 11) is 0. The van der Waals surface area contributed by atoms with E-state index < -0.39 is 0 Å². The molecule has 0 bridgehead atoms. The number of aryl methyl sites for hydroxylation is 2. The molecule has 176 valence electrons. The Kier molecular flexibility index (Phi) is 7.34. The predicted octanol–water partition coefficient (Wildman–Crippen LogP) is 3.14. The molecule has 4 N–H and O–H groups in total. The number of H-pyrrole nitrogens is 1. The van der Waals surface area contributed by atoms with Gasteiger partial charge in [-0.1, -0.05) is 30.3 Å². The van der Waals surface area contributed by atoms with Crippen molar-refractivity contribution in [3.8, 4) is 0 Å². The van der Waals surface area contributed by atoms with Crippen molar-refractivity contribution in [3.63, 3.8) is 0 Å². The van der Waals surface area contributed by atoms with Gasteiger partial charge in [0.2, 0.25) is 12.4 Å². The van der Waals surface area contributed by atoms with Crippen LogP contribution in [0.3, 0.4) is 0 Å². The summed E-state index contributed by atoms with van der Waals surface area (Å²) in [5.74, 6) is 1.36. The van der Waals surface area contributed by atoms with Crippen molar-refractivity contribution >= 4 is 34.9 Å². The zero-order valence-electron chi connectivity index (χ0n) is 19.5. The number of carbonyl (C=O) groups excluding carboxylic acids is 1. The molecule has 3 aromatic heterocycles. The van der Waals surface area contributed by atoms with E-state index in [1.165, 1.54) is 5.56 Å². The number of piperazine rings is 1. The number of carbonyl (C=O) groups is 1. The van der Waals surface area contributed by atoms with E-state index in [-0.39, 0.29) is 6.41 Å². The van der Waals surface area contributed by atoms with E-state index in [1.54, 1.807) is 0 Å². The van der Waals surface area contributed by atoms with Crippen molar-refractivity contribution in [1.29, 1.82) is 0 Å². The Bertz CT molecular complexity index is 1230. The molecule has 0 atom stereocenters. The topological polar surface area (TPSA) is 116 Å². The highest BCUT2D eigenvalue weighted by molar-refractivity contribution is 5.83. The Morgan fingerprint density at radius 1 is 1.06 bits per heavy atom. The lowest BCUT2D eigenvalue weighted by atomic mass is 10.2. The average Bonchev–Trinajstić information content (AvgIpc) is 3.22. The summed E-state index contributed by atoms with van der Waals surface area (Å²) in [5.41, 5.74) is 9.58. The van der Waals surface area contributed by atoms with E-state index >= 15 is 0 Å². The molecule has 0 aliphatic carbocycles. The Hall–Kier alpha value is -3.98. The lowest BCUT2D eigenvalue weighted by Crippen LogP contribution is -2.46.